The predicted molar refractivity (Wildman–Crippen MR) is 72.7 cm³/mol. The van der Waals surface area contributed by atoms with Gasteiger partial charge in [0.25, 0.3) is 0 Å². The Kier molecular flexibility index (Phi) is 3.97. The summed E-state index contributed by atoms with van der Waals surface area (Å²) in [5, 5.41) is 4.16. The molecule has 1 aromatic rings. The molecule has 1 heterocycles. The van der Waals surface area contributed by atoms with Crippen LogP contribution >= 0.6 is 0 Å². The topological polar surface area (TPSA) is 74.2 Å². The Morgan fingerprint density at radius 3 is 2.84 bits per heavy atom. The zero-order valence-corrected chi connectivity index (χ0v) is 12.4. The van der Waals surface area contributed by atoms with Crippen LogP contribution < -0.4 is 5.73 Å². The lowest BCUT2D eigenvalue weighted by atomic mass is 9.78. The molecule has 0 saturated heterocycles. The highest BCUT2D eigenvalue weighted by Gasteiger charge is 2.42. The third-order valence-corrected chi connectivity index (χ3v) is 4.27. The number of rotatable bonds is 4. The Morgan fingerprint density at radius 2 is 2.26 bits per heavy atom. The van der Waals surface area contributed by atoms with E-state index in [1.165, 1.54) is 6.42 Å². The SMILES string of the molecule is COC1(c2noc(C(C)(C)CN)n2)CCCC(C)C1. The Labute approximate surface area is 114 Å². The van der Waals surface area contributed by atoms with E-state index in [4.69, 9.17) is 15.0 Å². The molecule has 1 saturated carbocycles. The number of nitrogens with two attached hydrogens (primary N) is 1. The summed E-state index contributed by atoms with van der Waals surface area (Å²) in [6, 6.07) is 0. The maximum Gasteiger partial charge on any atom is 0.233 e. The van der Waals surface area contributed by atoms with Crippen LogP contribution in [0.4, 0.5) is 0 Å². The summed E-state index contributed by atoms with van der Waals surface area (Å²) in [6.07, 6.45) is 4.28. The molecule has 0 spiro atoms. The van der Waals surface area contributed by atoms with E-state index in [0.29, 0.717) is 24.2 Å². The number of hydrogen-bond donors (Lipinski definition) is 1. The average molecular weight is 267 g/mol. The van der Waals surface area contributed by atoms with E-state index in [2.05, 4.69) is 17.1 Å². The van der Waals surface area contributed by atoms with Gasteiger partial charge in [0.15, 0.2) is 0 Å². The Hall–Kier alpha value is -0.940. The fourth-order valence-electron chi connectivity index (χ4n) is 2.75. The molecule has 1 aromatic heterocycles. The van der Waals surface area contributed by atoms with E-state index in [1.807, 2.05) is 13.8 Å². The van der Waals surface area contributed by atoms with Gasteiger partial charge in [-0.05, 0) is 39.0 Å². The molecular formula is C14H25N3O2. The van der Waals surface area contributed by atoms with Gasteiger partial charge in [0.05, 0.1) is 5.41 Å². The molecule has 2 atom stereocenters. The molecule has 0 amide bonds. The lowest BCUT2D eigenvalue weighted by molar-refractivity contribution is -0.0658. The lowest BCUT2D eigenvalue weighted by Crippen LogP contribution is -2.35. The summed E-state index contributed by atoms with van der Waals surface area (Å²) in [5.74, 6) is 1.90. The second-order valence-electron chi connectivity index (χ2n) is 6.41. The minimum atomic E-state index is -0.385. The first-order valence-electron chi connectivity index (χ1n) is 7.03. The maximum absolute atomic E-state index is 5.78. The second-order valence-corrected chi connectivity index (χ2v) is 6.41. The largest absolute Gasteiger partial charge is 0.370 e. The molecule has 5 nitrogen and oxygen atoms in total. The highest BCUT2D eigenvalue weighted by Crippen LogP contribution is 2.41. The minimum absolute atomic E-state index is 0.291. The Balaban J connectivity index is 2.29. The van der Waals surface area contributed by atoms with E-state index in [-0.39, 0.29) is 11.0 Å². The number of methoxy groups -OCH3 is 1. The van der Waals surface area contributed by atoms with Crippen molar-refractivity contribution in [1.29, 1.82) is 0 Å². The summed E-state index contributed by atoms with van der Waals surface area (Å²) in [6.45, 7) is 6.74. The molecule has 108 valence electrons. The molecule has 0 aromatic carbocycles. The molecule has 5 heteroatoms. The molecule has 1 aliphatic carbocycles. The van der Waals surface area contributed by atoms with Gasteiger partial charge in [0, 0.05) is 13.7 Å². The minimum Gasteiger partial charge on any atom is -0.370 e. The first-order valence-corrected chi connectivity index (χ1v) is 7.03. The van der Waals surface area contributed by atoms with E-state index in [0.717, 1.165) is 19.3 Å². The van der Waals surface area contributed by atoms with Gasteiger partial charge in [-0.25, -0.2) is 0 Å². The van der Waals surface area contributed by atoms with Gasteiger partial charge in [0.2, 0.25) is 11.7 Å². The van der Waals surface area contributed by atoms with Crippen molar-refractivity contribution >= 4 is 0 Å². The smallest absolute Gasteiger partial charge is 0.233 e. The van der Waals surface area contributed by atoms with E-state index in [9.17, 15) is 0 Å². The van der Waals surface area contributed by atoms with Crippen LogP contribution in [0.5, 0.6) is 0 Å². The predicted octanol–water partition coefficient (Wildman–Crippen LogP) is 2.36. The quantitative estimate of drug-likeness (QED) is 0.906. The summed E-state index contributed by atoms with van der Waals surface area (Å²) >= 11 is 0. The van der Waals surface area contributed by atoms with Crippen molar-refractivity contribution in [2.75, 3.05) is 13.7 Å². The Morgan fingerprint density at radius 1 is 1.53 bits per heavy atom. The third-order valence-electron chi connectivity index (χ3n) is 4.27. The van der Waals surface area contributed by atoms with Gasteiger partial charge < -0.3 is 15.0 Å². The molecule has 2 rings (SSSR count). The molecule has 0 bridgehead atoms. The number of ether oxygens (including phenoxy) is 1. The standard InChI is InChI=1S/C14H25N3O2/c1-10-6-5-7-14(8-10,18-4)11-16-12(19-17-11)13(2,3)9-15/h10H,5-9,15H2,1-4H3. The molecule has 1 aliphatic rings. The van der Waals surface area contributed by atoms with E-state index in [1.54, 1.807) is 7.11 Å². The highest BCUT2D eigenvalue weighted by molar-refractivity contribution is 5.08. The molecule has 2 unspecified atom stereocenters. The zero-order chi connectivity index (χ0) is 14.1. The second kappa shape index (κ2) is 5.21. The fraction of sp³-hybridized carbons (Fsp3) is 0.857. The van der Waals surface area contributed by atoms with Crippen molar-refractivity contribution in [3.05, 3.63) is 11.7 Å². The maximum atomic E-state index is 5.78. The molecule has 0 radical (unpaired) electrons. The van der Waals surface area contributed by atoms with Gasteiger partial charge >= 0.3 is 0 Å². The van der Waals surface area contributed by atoms with Crippen molar-refractivity contribution in [3.8, 4) is 0 Å². The van der Waals surface area contributed by atoms with Crippen molar-refractivity contribution in [2.45, 2.75) is 57.5 Å². The molecule has 19 heavy (non-hydrogen) atoms. The van der Waals surface area contributed by atoms with Crippen LogP contribution in [-0.4, -0.2) is 23.8 Å². The van der Waals surface area contributed by atoms with Crippen LogP contribution in [0.1, 0.15) is 58.2 Å². The first-order chi connectivity index (χ1) is 8.93. The summed E-state index contributed by atoms with van der Waals surface area (Å²) < 4.78 is 11.2. The van der Waals surface area contributed by atoms with Gasteiger partial charge in [-0.2, -0.15) is 4.98 Å². The van der Waals surface area contributed by atoms with Crippen molar-refractivity contribution in [2.24, 2.45) is 11.7 Å². The lowest BCUT2D eigenvalue weighted by Gasteiger charge is -2.36. The van der Waals surface area contributed by atoms with Crippen LogP contribution in [0.25, 0.3) is 0 Å². The van der Waals surface area contributed by atoms with Crippen molar-refractivity contribution in [3.63, 3.8) is 0 Å². The Bertz CT molecular complexity index is 430. The van der Waals surface area contributed by atoms with Crippen LogP contribution in [0.2, 0.25) is 0 Å². The normalized spacial score (nSPS) is 28.6. The van der Waals surface area contributed by atoms with Crippen molar-refractivity contribution in [1.82, 2.24) is 10.1 Å². The summed E-state index contributed by atoms with van der Waals surface area (Å²) in [4.78, 5) is 4.57. The fourth-order valence-corrected chi connectivity index (χ4v) is 2.75. The van der Waals surface area contributed by atoms with E-state index >= 15 is 0 Å². The van der Waals surface area contributed by atoms with Gasteiger partial charge in [-0.3, -0.25) is 0 Å². The molecule has 0 aliphatic heterocycles. The first kappa shape index (κ1) is 14.5. The van der Waals surface area contributed by atoms with Crippen LogP contribution in [-0.2, 0) is 15.8 Å². The van der Waals surface area contributed by atoms with Crippen LogP contribution in [0.3, 0.4) is 0 Å². The number of nitrogens with zero attached hydrogens (tertiary/aromatic N) is 2. The highest BCUT2D eigenvalue weighted by atomic mass is 16.5. The van der Waals surface area contributed by atoms with Crippen molar-refractivity contribution < 1.29 is 9.26 Å². The van der Waals surface area contributed by atoms with Crippen LogP contribution in [0.15, 0.2) is 4.52 Å². The molecule has 1 fully saturated rings. The zero-order valence-electron chi connectivity index (χ0n) is 12.4. The monoisotopic (exact) mass is 267 g/mol. The number of aromatic nitrogens is 2. The third kappa shape index (κ3) is 2.67. The number of hydrogen-bond acceptors (Lipinski definition) is 5. The molecular weight excluding hydrogens is 242 g/mol. The van der Waals surface area contributed by atoms with Gasteiger partial charge in [-0.1, -0.05) is 18.5 Å². The summed E-state index contributed by atoms with van der Waals surface area (Å²) in [7, 11) is 1.74. The van der Waals surface area contributed by atoms with Gasteiger partial charge in [-0.15, -0.1) is 0 Å². The average Bonchev–Trinajstić information content (AvgIpc) is 2.89. The molecule has 2 N–H and O–H groups in total. The van der Waals surface area contributed by atoms with Crippen LogP contribution in [0, 0.1) is 5.92 Å². The summed E-state index contributed by atoms with van der Waals surface area (Å²) in [5.41, 5.74) is 5.08. The van der Waals surface area contributed by atoms with Gasteiger partial charge in [0.1, 0.15) is 5.60 Å². The van der Waals surface area contributed by atoms with E-state index < -0.39 is 0 Å².